The van der Waals surface area contributed by atoms with Crippen LogP contribution in [0.2, 0.25) is 0 Å². The highest BCUT2D eigenvalue weighted by atomic mass is 127. The maximum absolute atomic E-state index is 5.78. The normalized spacial score (nSPS) is 29.4. The van der Waals surface area contributed by atoms with E-state index in [-0.39, 0.29) is 24.0 Å². The Morgan fingerprint density at radius 2 is 1.96 bits per heavy atom. The van der Waals surface area contributed by atoms with Crippen molar-refractivity contribution in [2.75, 3.05) is 52.6 Å². The number of aliphatic imine (C=N–C) groups is 1. The molecule has 5 nitrogen and oxygen atoms in total. The van der Waals surface area contributed by atoms with Crippen LogP contribution >= 0.6 is 24.0 Å². The molecule has 0 radical (unpaired) electrons. The van der Waals surface area contributed by atoms with Gasteiger partial charge in [0.15, 0.2) is 5.96 Å². The van der Waals surface area contributed by atoms with E-state index in [0.29, 0.717) is 5.92 Å². The van der Waals surface area contributed by atoms with Crippen molar-refractivity contribution in [2.45, 2.75) is 45.4 Å². The van der Waals surface area contributed by atoms with Gasteiger partial charge in [-0.05, 0) is 44.4 Å². The zero-order chi connectivity index (χ0) is 16.6. The van der Waals surface area contributed by atoms with E-state index < -0.39 is 0 Å². The fourth-order valence-electron chi connectivity index (χ4n) is 4.32. The van der Waals surface area contributed by atoms with E-state index in [0.717, 1.165) is 70.2 Å². The van der Waals surface area contributed by atoms with Crippen molar-refractivity contribution in [3.63, 3.8) is 0 Å². The summed E-state index contributed by atoms with van der Waals surface area (Å²) in [5, 5.41) is 3.49. The molecule has 1 saturated carbocycles. The molecule has 1 N–H and O–H groups in total. The van der Waals surface area contributed by atoms with Crippen molar-refractivity contribution in [3.8, 4) is 0 Å². The summed E-state index contributed by atoms with van der Waals surface area (Å²) in [6.07, 6.45) is 7.83. The smallest absolute Gasteiger partial charge is 0.193 e. The van der Waals surface area contributed by atoms with Crippen LogP contribution in [0.15, 0.2) is 4.99 Å². The lowest BCUT2D eigenvalue weighted by Gasteiger charge is -2.22. The molecule has 3 unspecified atom stereocenters. The first-order valence-corrected chi connectivity index (χ1v) is 10.1. The summed E-state index contributed by atoms with van der Waals surface area (Å²) in [7, 11) is 0. The van der Waals surface area contributed by atoms with Crippen LogP contribution in [0.4, 0.5) is 0 Å². The van der Waals surface area contributed by atoms with Crippen LogP contribution in [-0.4, -0.2) is 63.5 Å². The van der Waals surface area contributed by atoms with Gasteiger partial charge in [-0.25, -0.2) is 0 Å². The zero-order valence-corrected chi connectivity index (χ0v) is 18.1. The summed E-state index contributed by atoms with van der Waals surface area (Å²) in [6.45, 7) is 9.80. The first-order valence-electron chi connectivity index (χ1n) is 10.1. The summed E-state index contributed by atoms with van der Waals surface area (Å²) in [5.74, 6) is 3.54. The summed E-state index contributed by atoms with van der Waals surface area (Å²) >= 11 is 0. The standard InChI is InChI=1S/C19H35N3O2.HI/c1-2-20-19(22-12-17-6-3-4-7-18(17)13-22)21-9-5-10-23-14-16-8-11-24-15-16;/h16-18H,2-15H2,1H3,(H,20,21);1H. The molecule has 0 bridgehead atoms. The summed E-state index contributed by atoms with van der Waals surface area (Å²) in [5.41, 5.74) is 0. The molecule has 0 aromatic rings. The lowest BCUT2D eigenvalue weighted by atomic mass is 9.82. The molecule has 3 rings (SSSR count). The minimum Gasteiger partial charge on any atom is -0.381 e. The second kappa shape index (κ2) is 11.6. The van der Waals surface area contributed by atoms with Crippen molar-refractivity contribution < 1.29 is 9.47 Å². The predicted molar refractivity (Wildman–Crippen MR) is 113 cm³/mol. The van der Waals surface area contributed by atoms with Gasteiger partial charge in [0.2, 0.25) is 0 Å². The fourth-order valence-corrected chi connectivity index (χ4v) is 4.32. The molecule has 3 atom stereocenters. The molecule has 0 amide bonds. The van der Waals surface area contributed by atoms with Gasteiger partial charge in [0, 0.05) is 45.3 Å². The van der Waals surface area contributed by atoms with E-state index in [2.05, 4.69) is 17.1 Å². The molecule has 25 heavy (non-hydrogen) atoms. The van der Waals surface area contributed by atoms with E-state index in [1.54, 1.807) is 0 Å². The molecule has 146 valence electrons. The Morgan fingerprint density at radius 3 is 2.60 bits per heavy atom. The number of hydrogen-bond acceptors (Lipinski definition) is 3. The van der Waals surface area contributed by atoms with E-state index >= 15 is 0 Å². The van der Waals surface area contributed by atoms with Crippen LogP contribution in [0.5, 0.6) is 0 Å². The van der Waals surface area contributed by atoms with Crippen LogP contribution in [0.3, 0.4) is 0 Å². The number of nitrogens with one attached hydrogen (secondary N) is 1. The summed E-state index contributed by atoms with van der Waals surface area (Å²) in [4.78, 5) is 7.35. The van der Waals surface area contributed by atoms with Gasteiger partial charge in [-0.15, -0.1) is 24.0 Å². The first-order chi connectivity index (χ1) is 11.9. The third-order valence-corrected chi connectivity index (χ3v) is 5.70. The number of hydrogen-bond donors (Lipinski definition) is 1. The Morgan fingerprint density at radius 1 is 1.20 bits per heavy atom. The third-order valence-electron chi connectivity index (χ3n) is 5.70. The SMILES string of the molecule is CCNC(=NCCCOCC1CCOC1)N1CC2CCCCC2C1.I. The van der Waals surface area contributed by atoms with Crippen LogP contribution in [-0.2, 0) is 9.47 Å². The second-order valence-electron chi connectivity index (χ2n) is 7.60. The average molecular weight is 465 g/mol. The zero-order valence-electron chi connectivity index (χ0n) is 15.8. The van der Waals surface area contributed by atoms with Gasteiger partial charge in [-0.3, -0.25) is 4.99 Å². The first kappa shape index (κ1) is 21.2. The molecule has 3 fully saturated rings. The largest absolute Gasteiger partial charge is 0.381 e. The number of halogens is 1. The maximum Gasteiger partial charge on any atom is 0.193 e. The Kier molecular flexibility index (Phi) is 9.84. The summed E-state index contributed by atoms with van der Waals surface area (Å²) < 4.78 is 11.2. The highest BCUT2D eigenvalue weighted by Gasteiger charge is 2.35. The van der Waals surface area contributed by atoms with Gasteiger partial charge < -0.3 is 19.7 Å². The molecule has 2 heterocycles. The van der Waals surface area contributed by atoms with Gasteiger partial charge in [-0.1, -0.05) is 12.8 Å². The Labute approximate surface area is 170 Å². The van der Waals surface area contributed by atoms with Crippen LogP contribution in [0, 0.1) is 17.8 Å². The number of ether oxygens (including phenoxy) is 2. The predicted octanol–water partition coefficient (Wildman–Crippen LogP) is 3.14. The molecule has 0 aromatic heterocycles. The second-order valence-corrected chi connectivity index (χ2v) is 7.60. The number of rotatable bonds is 7. The van der Waals surface area contributed by atoms with Crippen LogP contribution < -0.4 is 5.32 Å². The maximum atomic E-state index is 5.78. The van der Waals surface area contributed by atoms with Crippen molar-refractivity contribution >= 4 is 29.9 Å². The van der Waals surface area contributed by atoms with Gasteiger partial charge in [0.1, 0.15) is 0 Å². The average Bonchev–Trinajstić information content (AvgIpc) is 3.25. The Hall–Kier alpha value is -0.0800. The van der Waals surface area contributed by atoms with E-state index in [1.807, 2.05) is 0 Å². The topological polar surface area (TPSA) is 46.1 Å². The van der Waals surface area contributed by atoms with Gasteiger partial charge in [0.05, 0.1) is 13.2 Å². The van der Waals surface area contributed by atoms with Crippen LogP contribution in [0.1, 0.15) is 45.4 Å². The van der Waals surface area contributed by atoms with Gasteiger partial charge in [0.25, 0.3) is 0 Å². The Bertz CT molecular complexity index is 388. The monoisotopic (exact) mass is 465 g/mol. The van der Waals surface area contributed by atoms with Gasteiger partial charge >= 0.3 is 0 Å². The highest BCUT2D eigenvalue weighted by molar-refractivity contribution is 14.0. The lowest BCUT2D eigenvalue weighted by Crippen LogP contribution is -2.40. The van der Waals surface area contributed by atoms with Crippen molar-refractivity contribution in [2.24, 2.45) is 22.7 Å². The minimum atomic E-state index is 0. The lowest BCUT2D eigenvalue weighted by molar-refractivity contribution is 0.0893. The number of likely N-dealkylation sites (tertiary alicyclic amines) is 1. The van der Waals surface area contributed by atoms with Crippen molar-refractivity contribution in [1.82, 2.24) is 10.2 Å². The molecule has 0 spiro atoms. The molecular weight excluding hydrogens is 429 g/mol. The number of nitrogens with zero attached hydrogens (tertiary/aromatic N) is 2. The molecule has 3 aliphatic rings. The molecule has 0 aromatic carbocycles. The Balaban J connectivity index is 0.00000225. The van der Waals surface area contributed by atoms with E-state index in [1.165, 1.54) is 38.8 Å². The molecule has 1 aliphatic carbocycles. The molecule has 6 heteroatoms. The fraction of sp³-hybridized carbons (Fsp3) is 0.947. The van der Waals surface area contributed by atoms with Crippen molar-refractivity contribution in [1.29, 1.82) is 0 Å². The minimum absolute atomic E-state index is 0. The van der Waals surface area contributed by atoms with Crippen LogP contribution in [0.25, 0.3) is 0 Å². The van der Waals surface area contributed by atoms with E-state index in [9.17, 15) is 0 Å². The quantitative estimate of drug-likeness (QED) is 0.272. The number of guanidine groups is 1. The number of fused-ring (bicyclic) bond motifs is 1. The third kappa shape index (κ3) is 6.54. The molecular formula is C19H36IN3O2. The molecule has 2 saturated heterocycles. The van der Waals surface area contributed by atoms with Crippen molar-refractivity contribution in [3.05, 3.63) is 0 Å². The summed E-state index contributed by atoms with van der Waals surface area (Å²) in [6, 6.07) is 0. The van der Waals surface area contributed by atoms with Gasteiger partial charge in [-0.2, -0.15) is 0 Å². The molecule has 2 aliphatic heterocycles. The van der Waals surface area contributed by atoms with E-state index in [4.69, 9.17) is 14.5 Å². The highest BCUT2D eigenvalue weighted by Crippen LogP contribution is 2.35.